The minimum Gasteiger partial charge on any atom is -0.399 e. The number of nitrogens with zero attached hydrogens (tertiary/aromatic N) is 2. The van der Waals surface area contributed by atoms with Gasteiger partial charge in [-0.05, 0) is 55.8 Å². The van der Waals surface area contributed by atoms with E-state index in [1.807, 2.05) is 12.1 Å². The third-order valence-corrected chi connectivity index (χ3v) is 7.05. The lowest BCUT2D eigenvalue weighted by molar-refractivity contribution is 0.102. The molecule has 1 aliphatic rings. The smallest absolute Gasteiger partial charge is 0.399 e. The summed E-state index contributed by atoms with van der Waals surface area (Å²) in [5.41, 5.74) is 1.51. The second kappa shape index (κ2) is 10.2. The highest BCUT2D eigenvalue weighted by Gasteiger charge is 2.25. The summed E-state index contributed by atoms with van der Waals surface area (Å²) in [5, 5.41) is 13.6. The van der Waals surface area contributed by atoms with Crippen LogP contribution in [0.15, 0.2) is 54.6 Å². The Morgan fingerprint density at radius 2 is 1.81 bits per heavy atom. The molecular formula is C26H26FN5O4S. The van der Waals surface area contributed by atoms with Gasteiger partial charge >= 0.3 is 6.09 Å². The lowest BCUT2D eigenvalue weighted by Crippen LogP contribution is -2.42. The van der Waals surface area contributed by atoms with Gasteiger partial charge in [0.25, 0.3) is 5.91 Å². The molecule has 0 saturated carbocycles. The molecule has 0 bridgehead atoms. The van der Waals surface area contributed by atoms with Gasteiger partial charge in [-0.25, -0.2) is 9.18 Å². The minimum atomic E-state index is -0.778. The first kappa shape index (κ1) is 24.7. The van der Waals surface area contributed by atoms with Gasteiger partial charge in [0.15, 0.2) is 9.89 Å². The molecule has 2 amide bonds. The molecule has 1 saturated heterocycles. The number of benzene rings is 2. The fourth-order valence-electron chi connectivity index (χ4n) is 4.08. The van der Waals surface area contributed by atoms with E-state index >= 15 is 0 Å². The monoisotopic (exact) mass is 523 g/mol. The molecule has 2 aromatic heterocycles. The standard InChI is InChI=1S/C26H26FN5O4S/c1-26(2,17-5-7-18(27)8-6-17)29-25(34)36-21-15-20-22(30-31-24(20)37-21)28-23(33)16-3-9-19(10-4-16)32-11-13-35-14-12-32/h3-10,15H,11-14H2,1-2H3,(H,29,34)(H2,28,30,31,33). The fourth-order valence-corrected chi connectivity index (χ4v) is 4.92. The van der Waals surface area contributed by atoms with Crippen LogP contribution in [-0.4, -0.2) is 48.5 Å². The first-order valence-corrected chi connectivity index (χ1v) is 12.6. The molecule has 3 heterocycles. The van der Waals surface area contributed by atoms with Crippen molar-refractivity contribution in [3.05, 3.63) is 71.5 Å². The molecule has 11 heteroatoms. The van der Waals surface area contributed by atoms with Crippen LogP contribution in [0, 0.1) is 5.82 Å². The van der Waals surface area contributed by atoms with Gasteiger partial charge in [0.2, 0.25) is 0 Å². The number of halogens is 1. The molecule has 0 atom stereocenters. The first-order valence-electron chi connectivity index (χ1n) is 11.8. The van der Waals surface area contributed by atoms with Crippen molar-refractivity contribution in [3.63, 3.8) is 0 Å². The van der Waals surface area contributed by atoms with E-state index in [1.165, 1.54) is 23.5 Å². The number of carbonyl (C=O) groups excluding carboxylic acids is 2. The Hall–Kier alpha value is -3.96. The maximum Gasteiger partial charge on any atom is 0.414 e. The number of fused-ring (bicyclic) bond motifs is 1. The van der Waals surface area contributed by atoms with Gasteiger partial charge in [-0.15, -0.1) is 0 Å². The maximum atomic E-state index is 13.2. The lowest BCUT2D eigenvalue weighted by Gasteiger charge is -2.28. The van der Waals surface area contributed by atoms with Crippen LogP contribution in [0.5, 0.6) is 5.06 Å². The van der Waals surface area contributed by atoms with Crippen molar-refractivity contribution < 1.29 is 23.5 Å². The Kier molecular flexibility index (Phi) is 6.81. The summed E-state index contributed by atoms with van der Waals surface area (Å²) in [6.07, 6.45) is -0.659. The van der Waals surface area contributed by atoms with Crippen molar-refractivity contribution in [2.24, 2.45) is 0 Å². The largest absolute Gasteiger partial charge is 0.414 e. The van der Waals surface area contributed by atoms with Gasteiger partial charge in [0.1, 0.15) is 11.6 Å². The lowest BCUT2D eigenvalue weighted by atomic mass is 9.94. The number of H-pyrrole nitrogens is 1. The Morgan fingerprint density at radius 1 is 1.11 bits per heavy atom. The van der Waals surface area contributed by atoms with Crippen LogP contribution in [0.2, 0.25) is 0 Å². The Morgan fingerprint density at radius 3 is 2.51 bits per heavy atom. The van der Waals surface area contributed by atoms with Crippen molar-refractivity contribution in [1.82, 2.24) is 15.5 Å². The predicted molar refractivity (Wildman–Crippen MR) is 140 cm³/mol. The molecule has 0 radical (unpaired) electrons. The van der Waals surface area contributed by atoms with Crippen LogP contribution in [0.25, 0.3) is 10.2 Å². The Balaban J connectivity index is 1.23. The Labute approximate surface area is 216 Å². The summed E-state index contributed by atoms with van der Waals surface area (Å²) in [6.45, 7) is 6.62. The molecule has 0 unspecified atom stereocenters. The number of ether oxygens (including phenoxy) is 2. The van der Waals surface area contributed by atoms with E-state index < -0.39 is 11.6 Å². The first-order chi connectivity index (χ1) is 17.8. The molecule has 0 spiro atoms. The quantitative estimate of drug-likeness (QED) is 0.333. The van der Waals surface area contributed by atoms with E-state index in [1.54, 1.807) is 44.2 Å². The van der Waals surface area contributed by atoms with Gasteiger partial charge in [0, 0.05) is 30.4 Å². The number of carbonyl (C=O) groups is 2. The molecule has 5 rings (SSSR count). The third-order valence-electron chi connectivity index (χ3n) is 6.15. The number of rotatable bonds is 6. The zero-order valence-electron chi connectivity index (χ0n) is 20.3. The highest BCUT2D eigenvalue weighted by Crippen LogP contribution is 2.35. The highest BCUT2D eigenvalue weighted by atomic mass is 32.1. The molecule has 3 N–H and O–H groups in total. The van der Waals surface area contributed by atoms with Crippen LogP contribution >= 0.6 is 11.3 Å². The SMILES string of the molecule is CC(C)(NC(=O)Oc1cc2c(NC(=O)c3ccc(N4CCOCC4)cc3)[nH]nc2s1)c1ccc(F)cc1. The summed E-state index contributed by atoms with van der Waals surface area (Å²) < 4.78 is 24.1. The van der Waals surface area contributed by atoms with Crippen LogP contribution in [0.4, 0.5) is 20.7 Å². The molecule has 2 aromatic carbocycles. The number of morpholine rings is 1. The number of anilines is 2. The van der Waals surface area contributed by atoms with Crippen molar-refractivity contribution in [3.8, 4) is 5.06 Å². The number of thiophene rings is 1. The van der Waals surface area contributed by atoms with E-state index in [9.17, 15) is 14.0 Å². The summed E-state index contributed by atoms with van der Waals surface area (Å²) in [5.74, 6) is -0.223. The van der Waals surface area contributed by atoms with Crippen molar-refractivity contribution >= 4 is 45.1 Å². The normalized spacial score (nSPS) is 14.0. The average Bonchev–Trinajstić information content (AvgIpc) is 3.45. The summed E-state index contributed by atoms with van der Waals surface area (Å²) in [6, 6.07) is 15.0. The molecule has 192 valence electrons. The summed E-state index contributed by atoms with van der Waals surface area (Å²) >= 11 is 1.17. The van der Waals surface area contributed by atoms with Crippen LogP contribution in [0.3, 0.4) is 0 Å². The van der Waals surface area contributed by atoms with Gasteiger partial charge in [-0.3, -0.25) is 9.89 Å². The van der Waals surface area contributed by atoms with E-state index in [2.05, 4.69) is 25.7 Å². The number of amides is 2. The Bertz CT molecular complexity index is 1410. The zero-order valence-corrected chi connectivity index (χ0v) is 21.2. The molecule has 1 aliphatic heterocycles. The summed E-state index contributed by atoms with van der Waals surface area (Å²) in [7, 11) is 0. The van der Waals surface area contributed by atoms with Crippen molar-refractivity contribution in [2.75, 3.05) is 36.5 Å². The van der Waals surface area contributed by atoms with Crippen LogP contribution in [0.1, 0.15) is 29.8 Å². The van der Waals surface area contributed by atoms with Crippen molar-refractivity contribution in [2.45, 2.75) is 19.4 Å². The number of nitrogens with one attached hydrogen (secondary N) is 3. The third kappa shape index (κ3) is 5.57. The van der Waals surface area contributed by atoms with E-state index in [-0.39, 0.29) is 11.7 Å². The molecule has 1 fully saturated rings. The molecule has 4 aromatic rings. The molecule has 9 nitrogen and oxygen atoms in total. The van der Waals surface area contributed by atoms with Gasteiger partial charge in [-0.1, -0.05) is 23.5 Å². The zero-order chi connectivity index (χ0) is 26.0. The average molecular weight is 524 g/mol. The predicted octanol–water partition coefficient (Wildman–Crippen LogP) is 4.88. The maximum absolute atomic E-state index is 13.2. The van der Waals surface area contributed by atoms with E-state index in [0.29, 0.717) is 39.9 Å². The minimum absolute atomic E-state index is 0.286. The fraction of sp³-hybridized carbons (Fsp3) is 0.269. The number of hydrogen-bond donors (Lipinski definition) is 3. The van der Waals surface area contributed by atoms with E-state index in [4.69, 9.17) is 9.47 Å². The second-order valence-electron chi connectivity index (χ2n) is 9.13. The van der Waals surface area contributed by atoms with Gasteiger partial charge < -0.3 is 25.0 Å². The van der Waals surface area contributed by atoms with Gasteiger partial charge in [0.05, 0.1) is 24.1 Å². The van der Waals surface area contributed by atoms with Crippen LogP contribution < -0.4 is 20.3 Å². The van der Waals surface area contributed by atoms with E-state index in [0.717, 1.165) is 24.3 Å². The highest BCUT2D eigenvalue weighted by molar-refractivity contribution is 7.20. The summed E-state index contributed by atoms with van der Waals surface area (Å²) in [4.78, 5) is 28.2. The van der Waals surface area contributed by atoms with Gasteiger partial charge in [-0.2, -0.15) is 5.10 Å². The number of aromatic amines is 1. The molecule has 37 heavy (non-hydrogen) atoms. The van der Waals surface area contributed by atoms with Crippen LogP contribution in [-0.2, 0) is 10.3 Å². The number of hydrogen-bond acceptors (Lipinski definition) is 7. The molecular weight excluding hydrogens is 497 g/mol. The van der Waals surface area contributed by atoms with Crippen molar-refractivity contribution in [1.29, 1.82) is 0 Å². The molecule has 0 aliphatic carbocycles. The topological polar surface area (TPSA) is 109 Å². The number of aromatic nitrogens is 2. The second-order valence-corrected chi connectivity index (χ2v) is 10.1.